The van der Waals surface area contributed by atoms with Crippen molar-refractivity contribution in [1.29, 1.82) is 0 Å². The highest BCUT2D eigenvalue weighted by atomic mass is 79.9. The Hall–Kier alpha value is -1.27. The van der Waals surface area contributed by atoms with E-state index in [2.05, 4.69) is 43.2 Å². The summed E-state index contributed by atoms with van der Waals surface area (Å²) in [7, 11) is 0. The Morgan fingerprint density at radius 2 is 1.84 bits per heavy atom. The number of anilines is 1. The summed E-state index contributed by atoms with van der Waals surface area (Å²) < 4.78 is 1.09. The molecule has 1 amide bonds. The average Bonchev–Trinajstić information content (AvgIpc) is 2.40. The Kier molecular flexibility index (Phi) is 5.04. The lowest BCUT2D eigenvalue weighted by Crippen LogP contribution is -2.49. The Bertz CT molecular complexity index is 416. The fourth-order valence-electron chi connectivity index (χ4n) is 2.20. The molecule has 1 fully saturated rings. The maximum Gasteiger partial charge on any atom is 0.134 e. The molecule has 0 saturated carbocycles. The molecule has 5 nitrogen and oxygen atoms in total. The van der Waals surface area contributed by atoms with Gasteiger partial charge in [-0.2, -0.15) is 0 Å². The molecule has 1 aromatic carbocycles. The van der Waals surface area contributed by atoms with Crippen molar-refractivity contribution >= 4 is 27.7 Å². The highest BCUT2D eigenvalue weighted by Gasteiger charge is 2.16. The van der Waals surface area contributed by atoms with Gasteiger partial charge in [-0.15, -0.1) is 0 Å². The van der Waals surface area contributed by atoms with Crippen molar-refractivity contribution in [2.75, 3.05) is 44.2 Å². The van der Waals surface area contributed by atoms with Crippen LogP contribution in [0.2, 0.25) is 0 Å². The summed E-state index contributed by atoms with van der Waals surface area (Å²) in [6, 6.07) is 8.31. The van der Waals surface area contributed by atoms with Gasteiger partial charge in [-0.1, -0.05) is 15.9 Å². The van der Waals surface area contributed by atoms with Gasteiger partial charge in [-0.3, -0.25) is 4.90 Å². The van der Waals surface area contributed by atoms with E-state index < -0.39 is 6.09 Å². The second-order valence-corrected chi connectivity index (χ2v) is 5.44. The first-order chi connectivity index (χ1) is 9.15. The van der Waals surface area contributed by atoms with Crippen LogP contribution in [0.15, 0.2) is 28.7 Å². The molecular weight excluding hydrogens is 310 g/mol. The minimum absolute atomic E-state index is 0.431. The molecule has 1 aromatic rings. The Morgan fingerprint density at radius 3 is 2.42 bits per heavy atom. The van der Waals surface area contributed by atoms with Gasteiger partial charge in [0.05, 0.1) is 0 Å². The summed E-state index contributed by atoms with van der Waals surface area (Å²) in [6.45, 7) is 5.00. The smallest absolute Gasteiger partial charge is 0.134 e. The second kappa shape index (κ2) is 6.77. The Labute approximate surface area is 121 Å². The number of carbonyl (C=O) groups is 1. The van der Waals surface area contributed by atoms with Crippen LogP contribution in [-0.2, 0) is 0 Å². The molecule has 0 bridgehead atoms. The number of amides is 1. The average molecular weight is 327 g/mol. The van der Waals surface area contributed by atoms with Gasteiger partial charge >= 0.3 is 0 Å². The normalized spacial score (nSPS) is 16.4. The summed E-state index contributed by atoms with van der Waals surface area (Å²) >= 11 is 3.43. The van der Waals surface area contributed by atoms with Crippen molar-refractivity contribution in [1.82, 2.24) is 10.2 Å². The lowest BCUT2D eigenvalue weighted by Gasteiger charge is -2.36. The first kappa shape index (κ1) is 14.1. The molecule has 0 unspecified atom stereocenters. The van der Waals surface area contributed by atoms with Gasteiger partial charge < -0.3 is 20.1 Å². The topological polar surface area (TPSA) is 58.6 Å². The number of benzene rings is 1. The summed E-state index contributed by atoms with van der Waals surface area (Å²) in [5.41, 5.74) is 1.23. The van der Waals surface area contributed by atoms with E-state index in [4.69, 9.17) is 0 Å². The fraction of sp³-hybridized carbons (Fsp3) is 0.462. The van der Waals surface area contributed by atoms with Gasteiger partial charge in [0, 0.05) is 49.4 Å². The Balaban J connectivity index is 1.76. The van der Waals surface area contributed by atoms with Crippen LogP contribution in [0.4, 0.5) is 10.5 Å². The largest absolute Gasteiger partial charge is 0.530 e. The molecule has 104 valence electrons. The first-order valence-electron chi connectivity index (χ1n) is 6.33. The standard InChI is InChI=1S/C13H18BrN3O2/c14-11-1-3-12(4-2-11)17-9-7-16(8-10-17)6-5-15-13(18)19/h1-4,15H,5-10H2,(H,18,19)/p-1. The molecule has 1 aliphatic rings. The van der Waals surface area contributed by atoms with Gasteiger partial charge in [0.1, 0.15) is 6.09 Å². The quantitative estimate of drug-likeness (QED) is 0.875. The van der Waals surface area contributed by atoms with Gasteiger partial charge in [0.15, 0.2) is 0 Å². The minimum Gasteiger partial charge on any atom is -0.530 e. The molecule has 0 aliphatic carbocycles. The third-order valence-corrected chi connectivity index (χ3v) is 3.79. The lowest BCUT2D eigenvalue weighted by molar-refractivity contribution is -0.250. The molecule has 0 atom stereocenters. The molecule has 2 rings (SSSR count). The SMILES string of the molecule is O=C([O-])NCCN1CCN(c2ccc(Br)cc2)CC1. The van der Waals surface area contributed by atoms with Crippen LogP contribution >= 0.6 is 15.9 Å². The van der Waals surface area contributed by atoms with E-state index >= 15 is 0 Å². The maximum absolute atomic E-state index is 10.3. The summed E-state index contributed by atoms with van der Waals surface area (Å²) in [6.07, 6.45) is -1.20. The summed E-state index contributed by atoms with van der Waals surface area (Å²) in [5.74, 6) is 0. The maximum atomic E-state index is 10.3. The van der Waals surface area contributed by atoms with Crippen molar-refractivity contribution in [3.05, 3.63) is 28.7 Å². The van der Waals surface area contributed by atoms with Crippen LogP contribution in [0.1, 0.15) is 0 Å². The number of hydrogen-bond acceptors (Lipinski definition) is 4. The van der Waals surface area contributed by atoms with Crippen LogP contribution in [-0.4, -0.2) is 50.3 Å². The van der Waals surface area contributed by atoms with E-state index in [9.17, 15) is 9.90 Å². The van der Waals surface area contributed by atoms with E-state index in [1.807, 2.05) is 12.1 Å². The zero-order valence-corrected chi connectivity index (χ0v) is 12.2. The van der Waals surface area contributed by atoms with Crippen LogP contribution in [0.3, 0.4) is 0 Å². The Morgan fingerprint density at radius 1 is 1.21 bits per heavy atom. The number of hydrogen-bond donors (Lipinski definition) is 1. The minimum atomic E-state index is -1.20. The van der Waals surface area contributed by atoms with Crippen LogP contribution in [0, 0.1) is 0 Å². The van der Waals surface area contributed by atoms with Crippen molar-refractivity contribution in [2.45, 2.75) is 0 Å². The molecular formula is C13H17BrN3O2-. The number of rotatable bonds is 4. The van der Waals surface area contributed by atoms with Crippen molar-refractivity contribution in [3.63, 3.8) is 0 Å². The number of halogens is 1. The van der Waals surface area contributed by atoms with Gasteiger partial charge in [0.25, 0.3) is 0 Å². The highest BCUT2D eigenvalue weighted by Crippen LogP contribution is 2.19. The molecule has 6 heteroatoms. The molecule has 0 aromatic heterocycles. The molecule has 0 spiro atoms. The summed E-state index contributed by atoms with van der Waals surface area (Å²) in [4.78, 5) is 14.9. The van der Waals surface area contributed by atoms with Crippen molar-refractivity contribution < 1.29 is 9.90 Å². The van der Waals surface area contributed by atoms with Gasteiger partial charge in [-0.05, 0) is 24.3 Å². The number of piperazine rings is 1. The number of carbonyl (C=O) groups excluding carboxylic acids is 1. The molecule has 0 radical (unpaired) electrons. The van der Waals surface area contributed by atoms with E-state index in [1.165, 1.54) is 5.69 Å². The van der Waals surface area contributed by atoms with Gasteiger partial charge in [0.2, 0.25) is 0 Å². The van der Waals surface area contributed by atoms with E-state index in [0.29, 0.717) is 6.54 Å². The molecule has 1 heterocycles. The molecule has 1 aliphatic heterocycles. The fourth-order valence-corrected chi connectivity index (χ4v) is 2.46. The summed E-state index contributed by atoms with van der Waals surface area (Å²) in [5, 5.41) is 12.5. The third-order valence-electron chi connectivity index (χ3n) is 3.26. The molecule has 1 saturated heterocycles. The monoisotopic (exact) mass is 326 g/mol. The highest BCUT2D eigenvalue weighted by molar-refractivity contribution is 9.10. The van der Waals surface area contributed by atoms with Gasteiger partial charge in [-0.25, -0.2) is 0 Å². The first-order valence-corrected chi connectivity index (χ1v) is 7.12. The van der Waals surface area contributed by atoms with Crippen LogP contribution in [0.25, 0.3) is 0 Å². The van der Waals surface area contributed by atoms with Crippen molar-refractivity contribution in [2.24, 2.45) is 0 Å². The van der Waals surface area contributed by atoms with Crippen LogP contribution in [0.5, 0.6) is 0 Å². The molecule has 1 N–H and O–H groups in total. The molecule has 19 heavy (non-hydrogen) atoms. The van der Waals surface area contributed by atoms with E-state index in [0.717, 1.165) is 37.2 Å². The van der Waals surface area contributed by atoms with E-state index in [1.54, 1.807) is 0 Å². The number of carboxylic acid groups (broad SMARTS) is 1. The van der Waals surface area contributed by atoms with Crippen molar-refractivity contribution in [3.8, 4) is 0 Å². The predicted octanol–water partition coefficient (Wildman–Crippen LogP) is 0.504. The zero-order chi connectivity index (χ0) is 13.7. The van der Waals surface area contributed by atoms with E-state index in [-0.39, 0.29) is 0 Å². The van der Waals surface area contributed by atoms with Crippen LogP contribution < -0.4 is 15.3 Å². The number of nitrogens with zero attached hydrogens (tertiary/aromatic N) is 2. The number of nitrogens with one attached hydrogen (secondary N) is 1. The zero-order valence-electron chi connectivity index (χ0n) is 10.6. The predicted molar refractivity (Wildman–Crippen MR) is 76.2 cm³/mol. The third kappa shape index (κ3) is 4.40. The lowest BCUT2D eigenvalue weighted by atomic mass is 10.2. The second-order valence-electron chi connectivity index (χ2n) is 4.52.